The summed E-state index contributed by atoms with van der Waals surface area (Å²) in [5, 5.41) is 6.99. The Bertz CT molecular complexity index is 410. The van der Waals surface area contributed by atoms with Crippen molar-refractivity contribution in [1.29, 1.82) is 0 Å². The van der Waals surface area contributed by atoms with Crippen molar-refractivity contribution in [3.63, 3.8) is 0 Å². The number of methoxy groups -OCH3 is 1. The largest absolute Gasteiger partial charge is 0.497 e. The number of nitrogens with one attached hydrogen (secondary N) is 1. The molecule has 0 aliphatic rings. The standard InChI is InChI=1S/C8H7FN2O/c1-12-6-2-5-4-10-11-8(5)7(9)3-6/h2-4H,1H3,(H,10,11). The van der Waals surface area contributed by atoms with Crippen LogP contribution in [-0.2, 0) is 0 Å². The van der Waals surface area contributed by atoms with Gasteiger partial charge in [-0.1, -0.05) is 0 Å². The van der Waals surface area contributed by atoms with E-state index in [0.29, 0.717) is 16.7 Å². The molecule has 0 aliphatic carbocycles. The number of fused-ring (bicyclic) bond motifs is 1. The highest BCUT2D eigenvalue weighted by molar-refractivity contribution is 5.80. The summed E-state index contributed by atoms with van der Waals surface area (Å²) >= 11 is 0. The molecule has 3 nitrogen and oxygen atoms in total. The average Bonchev–Trinajstić information content (AvgIpc) is 2.52. The van der Waals surface area contributed by atoms with Gasteiger partial charge in [-0.2, -0.15) is 5.10 Å². The minimum atomic E-state index is -0.346. The van der Waals surface area contributed by atoms with Crippen molar-refractivity contribution in [3.8, 4) is 5.75 Å². The smallest absolute Gasteiger partial charge is 0.152 e. The molecule has 62 valence electrons. The molecule has 4 heteroatoms. The number of hydrogen-bond donors (Lipinski definition) is 1. The van der Waals surface area contributed by atoms with Crippen LogP contribution < -0.4 is 4.74 Å². The average molecular weight is 166 g/mol. The number of rotatable bonds is 1. The molecule has 0 fully saturated rings. The molecule has 2 rings (SSSR count). The number of H-pyrrole nitrogens is 1. The van der Waals surface area contributed by atoms with Gasteiger partial charge in [-0.05, 0) is 6.07 Å². The first-order valence-electron chi connectivity index (χ1n) is 3.48. The molecular formula is C8H7FN2O. The van der Waals surface area contributed by atoms with Gasteiger partial charge in [-0.15, -0.1) is 0 Å². The predicted molar refractivity (Wildman–Crippen MR) is 42.6 cm³/mol. The third kappa shape index (κ3) is 0.922. The van der Waals surface area contributed by atoms with Crippen LogP contribution in [0.15, 0.2) is 18.3 Å². The molecule has 0 saturated heterocycles. The van der Waals surface area contributed by atoms with Gasteiger partial charge in [0.1, 0.15) is 11.3 Å². The summed E-state index contributed by atoms with van der Waals surface area (Å²) < 4.78 is 18.0. The van der Waals surface area contributed by atoms with E-state index in [1.54, 1.807) is 12.3 Å². The number of aromatic nitrogens is 2. The van der Waals surface area contributed by atoms with Crippen LogP contribution in [0.3, 0.4) is 0 Å². The lowest BCUT2D eigenvalue weighted by Gasteiger charge is -1.98. The number of hydrogen-bond acceptors (Lipinski definition) is 2. The van der Waals surface area contributed by atoms with Gasteiger partial charge in [0.15, 0.2) is 5.82 Å². The van der Waals surface area contributed by atoms with Crippen molar-refractivity contribution >= 4 is 10.9 Å². The van der Waals surface area contributed by atoms with Gasteiger partial charge in [0.2, 0.25) is 0 Å². The Morgan fingerprint density at radius 2 is 2.33 bits per heavy atom. The number of benzene rings is 1. The van der Waals surface area contributed by atoms with Crippen molar-refractivity contribution in [1.82, 2.24) is 10.2 Å². The SMILES string of the molecule is COc1cc(F)c2[nH]ncc2c1. The molecular weight excluding hydrogens is 159 g/mol. The summed E-state index contributed by atoms with van der Waals surface area (Å²) in [6, 6.07) is 3.04. The summed E-state index contributed by atoms with van der Waals surface area (Å²) in [5.41, 5.74) is 0.413. The highest BCUT2D eigenvalue weighted by Gasteiger charge is 2.04. The number of nitrogens with zero attached hydrogens (tertiary/aromatic N) is 1. The summed E-state index contributed by atoms with van der Waals surface area (Å²) in [6.45, 7) is 0. The fourth-order valence-corrected chi connectivity index (χ4v) is 1.11. The van der Waals surface area contributed by atoms with Crippen LogP contribution in [0.25, 0.3) is 10.9 Å². The van der Waals surface area contributed by atoms with E-state index in [9.17, 15) is 4.39 Å². The Morgan fingerprint density at radius 1 is 1.50 bits per heavy atom. The third-order valence-corrected chi connectivity index (χ3v) is 1.71. The van der Waals surface area contributed by atoms with Crippen molar-refractivity contribution in [2.45, 2.75) is 0 Å². The highest BCUT2D eigenvalue weighted by Crippen LogP contribution is 2.21. The molecule has 0 spiro atoms. The first kappa shape index (κ1) is 7.09. The van der Waals surface area contributed by atoms with E-state index < -0.39 is 0 Å². The van der Waals surface area contributed by atoms with Gasteiger partial charge >= 0.3 is 0 Å². The van der Waals surface area contributed by atoms with E-state index >= 15 is 0 Å². The molecule has 0 radical (unpaired) electrons. The van der Waals surface area contributed by atoms with Crippen molar-refractivity contribution in [2.75, 3.05) is 7.11 Å². The highest BCUT2D eigenvalue weighted by atomic mass is 19.1. The Hall–Kier alpha value is -1.58. The lowest BCUT2D eigenvalue weighted by atomic mass is 10.2. The Morgan fingerprint density at radius 3 is 3.08 bits per heavy atom. The normalized spacial score (nSPS) is 10.5. The fraction of sp³-hybridized carbons (Fsp3) is 0.125. The Balaban J connectivity index is 2.75. The summed E-state index contributed by atoms with van der Waals surface area (Å²) in [5.74, 6) is 0.156. The summed E-state index contributed by atoms with van der Waals surface area (Å²) in [6.07, 6.45) is 1.56. The number of ether oxygens (including phenoxy) is 1. The minimum Gasteiger partial charge on any atom is -0.497 e. The van der Waals surface area contributed by atoms with Crippen molar-refractivity contribution in [3.05, 3.63) is 24.1 Å². The van der Waals surface area contributed by atoms with E-state index in [2.05, 4.69) is 10.2 Å². The summed E-state index contributed by atoms with van der Waals surface area (Å²) in [4.78, 5) is 0. The van der Waals surface area contributed by atoms with E-state index in [0.717, 1.165) is 0 Å². The number of aromatic amines is 1. The molecule has 0 saturated carbocycles. The van der Waals surface area contributed by atoms with Gasteiger partial charge in [0.05, 0.1) is 13.3 Å². The van der Waals surface area contributed by atoms with Crippen LogP contribution >= 0.6 is 0 Å². The van der Waals surface area contributed by atoms with Gasteiger partial charge in [0.25, 0.3) is 0 Å². The van der Waals surface area contributed by atoms with Crippen LogP contribution in [0.5, 0.6) is 5.75 Å². The second kappa shape index (κ2) is 2.48. The molecule has 0 amide bonds. The van der Waals surface area contributed by atoms with Gasteiger partial charge in [-0.25, -0.2) is 4.39 Å². The molecule has 0 aliphatic heterocycles. The van der Waals surface area contributed by atoms with Crippen molar-refractivity contribution in [2.24, 2.45) is 0 Å². The first-order valence-corrected chi connectivity index (χ1v) is 3.48. The lowest BCUT2D eigenvalue weighted by Crippen LogP contribution is -1.84. The minimum absolute atomic E-state index is 0.346. The fourth-order valence-electron chi connectivity index (χ4n) is 1.11. The van der Waals surface area contributed by atoms with E-state index in [1.165, 1.54) is 13.2 Å². The zero-order valence-electron chi connectivity index (χ0n) is 6.47. The van der Waals surface area contributed by atoms with Crippen LogP contribution in [0, 0.1) is 5.82 Å². The van der Waals surface area contributed by atoms with E-state index in [-0.39, 0.29) is 5.82 Å². The van der Waals surface area contributed by atoms with Crippen LogP contribution in [0.2, 0.25) is 0 Å². The molecule has 1 aromatic heterocycles. The first-order chi connectivity index (χ1) is 5.81. The third-order valence-electron chi connectivity index (χ3n) is 1.71. The van der Waals surface area contributed by atoms with Crippen LogP contribution in [0.4, 0.5) is 4.39 Å². The molecule has 0 atom stereocenters. The molecule has 1 aromatic carbocycles. The maximum atomic E-state index is 13.1. The van der Waals surface area contributed by atoms with Gasteiger partial charge < -0.3 is 4.74 Å². The molecule has 12 heavy (non-hydrogen) atoms. The maximum Gasteiger partial charge on any atom is 0.152 e. The molecule has 1 N–H and O–H groups in total. The van der Waals surface area contributed by atoms with Gasteiger partial charge in [-0.3, -0.25) is 5.10 Å². The molecule has 2 aromatic rings. The maximum absolute atomic E-state index is 13.1. The van der Waals surface area contributed by atoms with Crippen LogP contribution in [-0.4, -0.2) is 17.3 Å². The molecule has 0 bridgehead atoms. The zero-order chi connectivity index (χ0) is 8.55. The van der Waals surface area contributed by atoms with E-state index in [1.807, 2.05) is 0 Å². The second-order valence-corrected chi connectivity index (χ2v) is 2.44. The van der Waals surface area contributed by atoms with E-state index in [4.69, 9.17) is 4.74 Å². The zero-order valence-corrected chi connectivity index (χ0v) is 6.47. The predicted octanol–water partition coefficient (Wildman–Crippen LogP) is 1.71. The lowest BCUT2D eigenvalue weighted by molar-refractivity contribution is 0.412. The Labute approximate surface area is 68.2 Å². The second-order valence-electron chi connectivity index (χ2n) is 2.44. The monoisotopic (exact) mass is 166 g/mol. The molecule has 1 heterocycles. The van der Waals surface area contributed by atoms with Crippen LogP contribution in [0.1, 0.15) is 0 Å². The summed E-state index contributed by atoms with van der Waals surface area (Å²) in [7, 11) is 1.50. The number of halogens is 1. The van der Waals surface area contributed by atoms with Crippen molar-refractivity contribution < 1.29 is 9.13 Å². The quantitative estimate of drug-likeness (QED) is 0.700. The Kier molecular flexibility index (Phi) is 1.46. The topological polar surface area (TPSA) is 37.9 Å². The van der Waals surface area contributed by atoms with Gasteiger partial charge in [0, 0.05) is 11.5 Å². The molecule has 0 unspecified atom stereocenters.